The number of nitrogen functional groups attached to an aromatic ring is 1. The van der Waals surface area contributed by atoms with Crippen LogP contribution in [-0.4, -0.2) is 17.6 Å². The molecule has 0 spiro atoms. The number of halogens is 1. The van der Waals surface area contributed by atoms with Gasteiger partial charge in [0.25, 0.3) is 0 Å². The molecule has 3 rings (SSSR count). The first-order valence-electron chi connectivity index (χ1n) is 6.43. The monoisotopic (exact) mass is 251 g/mol. The summed E-state index contributed by atoms with van der Waals surface area (Å²) in [5, 5.41) is 0.691. The van der Waals surface area contributed by atoms with E-state index in [1.165, 1.54) is 32.1 Å². The third-order valence-corrected chi connectivity index (χ3v) is 4.48. The topological polar surface area (TPSA) is 42.1 Å². The number of rotatable bonds is 1. The van der Waals surface area contributed by atoms with E-state index in [0.29, 0.717) is 16.8 Å². The Morgan fingerprint density at radius 2 is 2.06 bits per heavy atom. The van der Waals surface area contributed by atoms with Gasteiger partial charge in [-0.3, -0.25) is 4.98 Å². The largest absolute Gasteiger partial charge is 0.396 e. The molecule has 4 heteroatoms. The zero-order valence-electron chi connectivity index (χ0n) is 9.90. The molecule has 3 nitrogen and oxygen atoms in total. The molecule has 1 aliphatic heterocycles. The van der Waals surface area contributed by atoms with Gasteiger partial charge in [0.05, 0.1) is 22.6 Å². The van der Waals surface area contributed by atoms with Crippen molar-refractivity contribution in [3.63, 3.8) is 0 Å². The molecule has 1 aromatic rings. The maximum Gasteiger partial charge on any atom is 0.0844 e. The van der Waals surface area contributed by atoms with Gasteiger partial charge < -0.3 is 10.6 Å². The maximum atomic E-state index is 6.26. The summed E-state index contributed by atoms with van der Waals surface area (Å²) in [6.07, 6.45) is 10.0. The van der Waals surface area contributed by atoms with Crippen molar-refractivity contribution in [2.24, 2.45) is 5.92 Å². The number of hydrogen-bond acceptors (Lipinski definition) is 3. The molecule has 0 radical (unpaired) electrons. The fraction of sp³-hybridized carbons (Fsp3) is 0.615. The van der Waals surface area contributed by atoms with Crippen molar-refractivity contribution in [1.29, 1.82) is 0 Å². The molecule has 1 saturated carbocycles. The second-order valence-electron chi connectivity index (χ2n) is 5.15. The van der Waals surface area contributed by atoms with Crippen LogP contribution in [0.15, 0.2) is 12.4 Å². The van der Waals surface area contributed by atoms with E-state index in [2.05, 4.69) is 9.88 Å². The van der Waals surface area contributed by atoms with Gasteiger partial charge in [-0.1, -0.05) is 24.4 Å². The van der Waals surface area contributed by atoms with Gasteiger partial charge in [0.1, 0.15) is 0 Å². The third kappa shape index (κ3) is 1.86. The zero-order chi connectivity index (χ0) is 11.8. The van der Waals surface area contributed by atoms with Crippen molar-refractivity contribution >= 4 is 23.0 Å². The Morgan fingerprint density at radius 3 is 2.88 bits per heavy atom. The SMILES string of the molecule is Nc1cncc(Cl)c1N1CCC2CCCCC21. The summed E-state index contributed by atoms with van der Waals surface area (Å²) in [6.45, 7) is 1.09. The van der Waals surface area contributed by atoms with Gasteiger partial charge in [-0.15, -0.1) is 0 Å². The molecule has 2 N–H and O–H groups in total. The minimum Gasteiger partial charge on any atom is -0.396 e. The van der Waals surface area contributed by atoms with Gasteiger partial charge >= 0.3 is 0 Å². The van der Waals surface area contributed by atoms with Gasteiger partial charge in [0.2, 0.25) is 0 Å². The lowest BCUT2D eigenvalue weighted by atomic mass is 9.85. The van der Waals surface area contributed by atoms with Crippen LogP contribution in [0.3, 0.4) is 0 Å². The molecule has 0 aromatic carbocycles. The van der Waals surface area contributed by atoms with Crippen LogP contribution in [0.1, 0.15) is 32.1 Å². The van der Waals surface area contributed by atoms with E-state index in [4.69, 9.17) is 17.3 Å². The molecule has 1 aliphatic carbocycles. The lowest BCUT2D eigenvalue weighted by molar-refractivity contribution is 0.342. The number of nitrogens with two attached hydrogens (primary N) is 1. The first-order valence-corrected chi connectivity index (χ1v) is 6.81. The highest BCUT2D eigenvalue weighted by molar-refractivity contribution is 6.33. The van der Waals surface area contributed by atoms with Crippen LogP contribution >= 0.6 is 11.6 Å². The van der Waals surface area contributed by atoms with Crippen LogP contribution in [-0.2, 0) is 0 Å². The quantitative estimate of drug-likeness (QED) is 0.834. The van der Waals surface area contributed by atoms with Crippen LogP contribution < -0.4 is 10.6 Å². The first-order chi connectivity index (χ1) is 8.27. The van der Waals surface area contributed by atoms with Crippen molar-refractivity contribution in [2.45, 2.75) is 38.1 Å². The van der Waals surface area contributed by atoms with Crippen LogP contribution in [0, 0.1) is 5.92 Å². The van der Waals surface area contributed by atoms with E-state index >= 15 is 0 Å². The minimum atomic E-state index is 0.644. The van der Waals surface area contributed by atoms with Gasteiger partial charge in [-0.05, 0) is 25.2 Å². The van der Waals surface area contributed by atoms with Gasteiger partial charge in [-0.25, -0.2) is 0 Å². The number of anilines is 2. The molecule has 2 atom stereocenters. The Bertz CT molecular complexity index is 401. The second kappa shape index (κ2) is 4.37. The molecule has 2 fully saturated rings. The summed E-state index contributed by atoms with van der Waals surface area (Å²) in [6, 6.07) is 0.644. The molecular weight excluding hydrogens is 234 g/mol. The average Bonchev–Trinajstić information content (AvgIpc) is 2.73. The second-order valence-corrected chi connectivity index (χ2v) is 5.56. The smallest absolute Gasteiger partial charge is 0.0844 e. The first kappa shape index (κ1) is 11.1. The maximum absolute atomic E-state index is 6.26. The fourth-order valence-corrected chi connectivity index (χ4v) is 3.70. The molecule has 0 bridgehead atoms. The summed E-state index contributed by atoms with van der Waals surface area (Å²) < 4.78 is 0. The molecule has 1 saturated heterocycles. The van der Waals surface area contributed by atoms with Crippen molar-refractivity contribution in [1.82, 2.24) is 4.98 Å². The normalized spacial score (nSPS) is 28.2. The van der Waals surface area contributed by atoms with E-state index < -0.39 is 0 Å². The summed E-state index contributed by atoms with van der Waals surface area (Å²) in [7, 11) is 0. The Balaban J connectivity index is 1.94. The Hall–Kier alpha value is -0.960. The lowest BCUT2D eigenvalue weighted by Gasteiger charge is -2.34. The molecule has 2 unspecified atom stereocenters. The molecule has 17 heavy (non-hydrogen) atoms. The van der Waals surface area contributed by atoms with Crippen LogP contribution in [0.5, 0.6) is 0 Å². The molecule has 92 valence electrons. The summed E-state index contributed by atoms with van der Waals surface area (Å²) in [5.41, 5.74) is 7.76. The van der Waals surface area contributed by atoms with E-state index in [-0.39, 0.29) is 0 Å². The molecule has 2 heterocycles. The van der Waals surface area contributed by atoms with E-state index in [9.17, 15) is 0 Å². The van der Waals surface area contributed by atoms with Crippen molar-refractivity contribution in [3.8, 4) is 0 Å². The predicted molar refractivity (Wildman–Crippen MR) is 71.4 cm³/mol. The summed E-state index contributed by atoms with van der Waals surface area (Å²) in [5.74, 6) is 0.840. The van der Waals surface area contributed by atoms with Crippen LogP contribution in [0.2, 0.25) is 5.02 Å². The zero-order valence-corrected chi connectivity index (χ0v) is 10.7. The number of hydrogen-bond donors (Lipinski definition) is 1. The minimum absolute atomic E-state index is 0.644. The molecule has 1 aromatic heterocycles. The lowest BCUT2D eigenvalue weighted by Crippen LogP contribution is -2.35. The van der Waals surface area contributed by atoms with Crippen LogP contribution in [0.25, 0.3) is 0 Å². The predicted octanol–water partition coefficient (Wildman–Crippen LogP) is 3.09. The number of pyridine rings is 1. The molecule has 0 amide bonds. The van der Waals surface area contributed by atoms with E-state index in [1.54, 1.807) is 12.4 Å². The molecule has 2 aliphatic rings. The standard InChI is InChI=1S/C13H18ClN3/c14-10-7-16-8-11(15)13(10)17-6-5-9-3-1-2-4-12(9)17/h7-9,12H,1-6,15H2. The number of aromatic nitrogens is 1. The van der Waals surface area contributed by atoms with E-state index in [1.807, 2.05) is 0 Å². The third-order valence-electron chi connectivity index (χ3n) is 4.20. The van der Waals surface area contributed by atoms with Crippen LogP contribution in [0.4, 0.5) is 11.4 Å². The highest BCUT2D eigenvalue weighted by Gasteiger charge is 2.37. The van der Waals surface area contributed by atoms with Crippen molar-refractivity contribution < 1.29 is 0 Å². The Morgan fingerprint density at radius 1 is 1.24 bits per heavy atom. The van der Waals surface area contributed by atoms with Gasteiger partial charge in [0.15, 0.2) is 0 Å². The highest BCUT2D eigenvalue weighted by Crippen LogP contribution is 2.42. The summed E-state index contributed by atoms with van der Waals surface area (Å²) >= 11 is 6.26. The Kier molecular flexibility index (Phi) is 2.87. The van der Waals surface area contributed by atoms with Crippen molar-refractivity contribution in [3.05, 3.63) is 17.4 Å². The fourth-order valence-electron chi connectivity index (χ4n) is 3.43. The van der Waals surface area contributed by atoms with Gasteiger partial charge in [-0.2, -0.15) is 0 Å². The van der Waals surface area contributed by atoms with Crippen molar-refractivity contribution in [2.75, 3.05) is 17.2 Å². The Labute approximate surface area is 107 Å². The number of fused-ring (bicyclic) bond motifs is 1. The van der Waals surface area contributed by atoms with E-state index in [0.717, 1.165) is 18.2 Å². The number of nitrogens with zero attached hydrogens (tertiary/aromatic N) is 2. The highest BCUT2D eigenvalue weighted by atomic mass is 35.5. The summed E-state index contributed by atoms with van der Waals surface area (Å²) in [4.78, 5) is 6.46. The van der Waals surface area contributed by atoms with Gasteiger partial charge in [0, 0.05) is 18.8 Å². The average molecular weight is 252 g/mol. The molecular formula is C13H18ClN3.